The summed E-state index contributed by atoms with van der Waals surface area (Å²) in [5.74, 6) is 6.05. The summed E-state index contributed by atoms with van der Waals surface area (Å²) in [4.78, 5) is 0. The molecule has 17 heavy (non-hydrogen) atoms. The minimum absolute atomic E-state index is 0.0412. The van der Waals surface area contributed by atoms with E-state index >= 15 is 0 Å². The number of nitrogens with two attached hydrogens (primary N) is 1. The zero-order valence-corrected chi connectivity index (χ0v) is 10.7. The molecular formula is C10H18N4O2S. The van der Waals surface area contributed by atoms with Gasteiger partial charge in [-0.1, -0.05) is 0 Å². The van der Waals surface area contributed by atoms with Crippen LogP contribution >= 0.6 is 0 Å². The van der Waals surface area contributed by atoms with Crippen molar-refractivity contribution in [2.75, 3.05) is 11.5 Å². The van der Waals surface area contributed by atoms with Gasteiger partial charge in [0.25, 0.3) is 0 Å². The standard InChI is InChI=1S/C10H18N4O2S/c1-2-14-6-9(5-12-14)10(13-11)8-3-4-17(15,16)7-8/h5-6,8,10,13H,2-4,7,11H2,1H3. The Morgan fingerprint density at radius 2 is 2.47 bits per heavy atom. The Kier molecular flexibility index (Phi) is 3.50. The van der Waals surface area contributed by atoms with Crippen molar-refractivity contribution in [2.45, 2.75) is 25.9 Å². The lowest BCUT2D eigenvalue weighted by Gasteiger charge is -2.20. The lowest BCUT2D eigenvalue weighted by Crippen LogP contribution is -2.34. The van der Waals surface area contributed by atoms with Crippen molar-refractivity contribution in [1.82, 2.24) is 15.2 Å². The van der Waals surface area contributed by atoms with Crippen molar-refractivity contribution in [3.63, 3.8) is 0 Å². The van der Waals surface area contributed by atoms with Crippen LogP contribution in [0.3, 0.4) is 0 Å². The zero-order chi connectivity index (χ0) is 12.5. The average Bonchev–Trinajstić information content (AvgIpc) is 2.87. The number of nitrogens with zero attached hydrogens (tertiary/aromatic N) is 2. The fourth-order valence-corrected chi connectivity index (χ4v) is 4.14. The van der Waals surface area contributed by atoms with Gasteiger partial charge in [-0.2, -0.15) is 5.10 Å². The van der Waals surface area contributed by atoms with E-state index in [1.165, 1.54) is 0 Å². The quantitative estimate of drug-likeness (QED) is 0.578. The Morgan fingerprint density at radius 1 is 1.71 bits per heavy atom. The third kappa shape index (κ3) is 2.67. The Hall–Kier alpha value is -0.920. The predicted octanol–water partition coefficient (Wildman–Crippen LogP) is -0.158. The summed E-state index contributed by atoms with van der Waals surface area (Å²) < 4.78 is 24.7. The first kappa shape index (κ1) is 12.5. The molecule has 2 rings (SSSR count). The second kappa shape index (κ2) is 4.75. The van der Waals surface area contributed by atoms with E-state index in [1.54, 1.807) is 6.20 Å². The van der Waals surface area contributed by atoms with Crippen molar-refractivity contribution in [3.8, 4) is 0 Å². The van der Waals surface area contributed by atoms with E-state index in [4.69, 9.17) is 5.84 Å². The highest BCUT2D eigenvalue weighted by molar-refractivity contribution is 7.91. The first-order valence-corrected chi connectivity index (χ1v) is 7.56. The molecule has 0 saturated carbocycles. The van der Waals surface area contributed by atoms with E-state index < -0.39 is 9.84 Å². The number of nitrogens with one attached hydrogen (secondary N) is 1. The normalized spacial score (nSPS) is 24.9. The predicted molar refractivity (Wildman–Crippen MR) is 64.7 cm³/mol. The molecule has 2 atom stereocenters. The minimum Gasteiger partial charge on any atom is -0.273 e. The number of aromatic nitrogens is 2. The number of sulfone groups is 1. The highest BCUT2D eigenvalue weighted by Gasteiger charge is 2.34. The molecule has 0 aliphatic carbocycles. The Labute approximate surface area is 101 Å². The van der Waals surface area contributed by atoms with Crippen molar-refractivity contribution in [1.29, 1.82) is 0 Å². The van der Waals surface area contributed by atoms with Gasteiger partial charge in [0.2, 0.25) is 0 Å². The lowest BCUT2D eigenvalue weighted by molar-refractivity contribution is 0.399. The molecule has 1 aliphatic rings. The van der Waals surface area contributed by atoms with Crippen LogP contribution in [0.4, 0.5) is 0 Å². The molecule has 3 N–H and O–H groups in total. The Balaban J connectivity index is 2.17. The van der Waals surface area contributed by atoms with Gasteiger partial charge in [0.05, 0.1) is 23.7 Å². The number of aryl methyl sites for hydroxylation is 1. The molecule has 2 heterocycles. The minimum atomic E-state index is -2.88. The summed E-state index contributed by atoms with van der Waals surface area (Å²) in [6.45, 7) is 2.79. The second-order valence-corrected chi connectivity index (χ2v) is 6.67. The zero-order valence-electron chi connectivity index (χ0n) is 9.83. The van der Waals surface area contributed by atoms with E-state index in [1.807, 2.05) is 17.8 Å². The van der Waals surface area contributed by atoms with E-state index in [2.05, 4.69) is 10.5 Å². The molecular weight excluding hydrogens is 240 g/mol. The van der Waals surface area contributed by atoms with Crippen molar-refractivity contribution >= 4 is 9.84 Å². The molecule has 0 amide bonds. The molecule has 0 radical (unpaired) electrons. The largest absolute Gasteiger partial charge is 0.273 e. The van der Waals surface area contributed by atoms with Crippen LogP contribution in [0.15, 0.2) is 12.4 Å². The van der Waals surface area contributed by atoms with Crippen LogP contribution < -0.4 is 11.3 Å². The smallest absolute Gasteiger partial charge is 0.150 e. The van der Waals surface area contributed by atoms with Gasteiger partial charge in [0, 0.05) is 18.3 Å². The highest BCUT2D eigenvalue weighted by Crippen LogP contribution is 2.30. The summed E-state index contributed by atoms with van der Waals surface area (Å²) in [7, 11) is -2.88. The van der Waals surface area contributed by atoms with E-state index in [0.717, 1.165) is 12.1 Å². The van der Waals surface area contributed by atoms with E-state index in [-0.39, 0.29) is 23.5 Å². The number of hydrogen-bond acceptors (Lipinski definition) is 5. The highest BCUT2D eigenvalue weighted by atomic mass is 32.2. The molecule has 1 aliphatic heterocycles. The molecule has 1 aromatic rings. The Bertz CT molecular complexity index is 482. The third-order valence-electron chi connectivity index (χ3n) is 3.25. The van der Waals surface area contributed by atoms with Crippen molar-refractivity contribution in [2.24, 2.45) is 11.8 Å². The van der Waals surface area contributed by atoms with Gasteiger partial charge in [0.15, 0.2) is 9.84 Å². The SMILES string of the molecule is CCn1cc(C(NN)C2CCS(=O)(=O)C2)cn1. The van der Waals surface area contributed by atoms with Gasteiger partial charge < -0.3 is 0 Å². The fraction of sp³-hybridized carbons (Fsp3) is 0.700. The average molecular weight is 258 g/mol. The van der Waals surface area contributed by atoms with E-state index in [9.17, 15) is 8.42 Å². The monoisotopic (exact) mass is 258 g/mol. The molecule has 7 heteroatoms. The van der Waals surface area contributed by atoms with Crippen LogP contribution in [0.5, 0.6) is 0 Å². The first-order chi connectivity index (χ1) is 8.05. The molecule has 96 valence electrons. The fourth-order valence-electron chi connectivity index (χ4n) is 2.30. The van der Waals surface area contributed by atoms with Gasteiger partial charge in [-0.05, 0) is 19.3 Å². The number of hydrazine groups is 1. The van der Waals surface area contributed by atoms with Gasteiger partial charge in [0.1, 0.15) is 0 Å². The van der Waals surface area contributed by atoms with Crippen molar-refractivity contribution < 1.29 is 8.42 Å². The van der Waals surface area contributed by atoms with E-state index in [0.29, 0.717) is 6.42 Å². The molecule has 1 fully saturated rings. The van der Waals surface area contributed by atoms with Gasteiger partial charge in [-0.15, -0.1) is 0 Å². The summed E-state index contributed by atoms with van der Waals surface area (Å²) >= 11 is 0. The maximum Gasteiger partial charge on any atom is 0.150 e. The summed E-state index contributed by atoms with van der Waals surface area (Å²) in [5, 5.41) is 4.18. The number of hydrogen-bond donors (Lipinski definition) is 2. The molecule has 6 nitrogen and oxygen atoms in total. The lowest BCUT2D eigenvalue weighted by atomic mass is 9.95. The molecule has 1 aromatic heterocycles. The molecule has 1 saturated heterocycles. The number of rotatable bonds is 4. The molecule has 0 spiro atoms. The maximum absolute atomic E-state index is 11.5. The van der Waals surface area contributed by atoms with Crippen LogP contribution in [-0.2, 0) is 16.4 Å². The summed E-state index contributed by atoms with van der Waals surface area (Å²) in [5.41, 5.74) is 3.67. The molecule has 2 unspecified atom stereocenters. The Morgan fingerprint density at radius 3 is 2.94 bits per heavy atom. The third-order valence-corrected chi connectivity index (χ3v) is 5.05. The topological polar surface area (TPSA) is 90.0 Å². The van der Waals surface area contributed by atoms with Crippen LogP contribution in [0.2, 0.25) is 0 Å². The first-order valence-electron chi connectivity index (χ1n) is 5.74. The second-order valence-electron chi connectivity index (χ2n) is 4.44. The van der Waals surface area contributed by atoms with Crippen LogP contribution in [-0.4, -0.2) is 29.7 Å². The summed E-state index contributed by atoms with van der Waals surface area (Å²) in [6, 6.07) is -0.132. The molecule has 0 bridgehead atoms. The molecule has 0 aromatic carbocycles. The summed E-state index contributed by atoms with van der Waals surface area (Å²) in [6.07, 6.45) is 4.32. The van der Waals surface area contributed by atoms with Gasteiger partial charge in [-0.3, -0.25) is 16.0 Å². The van der Waals surface area contributed by atoms with Gasteiger partial charge in [-0.25, -0.2) is 8.42 Å². The van der Waals surface area contributed by atoms with Crippen LogP contribution in [0.1, 0.15) is 24.9 Å². The van der Waals surface area contributed by atoms with Crippen LogP contribution in [0.25, 0.3) is 0 Å². The van der Waals surface area contributed by atoms with Gasteiger partial charge >= 0.3 is 0 Å². The van der Waals surface area contributed by atoms with Crippen molar-refractivity contribution in [3.05, 3.63) is 18.0 Å². The van der Waals surface area contributed by atoms with Crippen LogP contribution in [0, 0.1) is 5.92 Å². The maximum atomic E-state index is 11.5.